The zero-order valence-electron chi connectivity index (χ0n) is 8.89. The number of nitrogens with one attached hydrogen (secondary N) is 1. The number of halogens is 2. The second-order valence-electron chi connectivity index (χ2n) is 3.37. The molecule has 0 bridgehead atoms. The Morgan fingerprint density at radius 1 is 1.56 bits per heavy atom. The summed E-state index contributed by atoms with van der Waals surface area (Å²) in [5.41, 5.74) is -0.279. The van der Waals surface area contributed by atoms with E-state index in [1.54, 1.807) is 6.07 Å². The van der Waals surface area contributed by atoms with Crippen LogP contribution in [0.5, 0.6) is 0 Å². The van der Waals surface area contributed by atoms with Gasteiger partial charge in [-0.05, 0) is 6.07 Å². The van der Waals surface area contributed by atoms with Crippen LogP contribution in [0.4, 0.5) is 15.8 Å². The highest BCUT2D eigenvalue weighted by Crippen LogP contribution is 2.30. The standard InChI is InChI=1S/C10H7ClFN3O3/c11-7-3-9(10(15(16)17)4-8(7)12)13-5-6-1-2-14-18-6/h1-4,13H,5H2. The Bertz CT molecular complexity index is 574. The van der Waals surface area contributed by atoms with Gasteiger partial charge < -0.3 is 9.84 Å². The van der Waals surface area contributed by atoms with Gasteiger partial charge in [-0.25, -0.2) is 4.39 Å². The summed E-state index contributed by atoms with van der Waals surface area (Å²) in [6.07, 6.45) is 1.45. The molecule has 1 aromatic carbocycles. The SMILES string of the molecule is O=[N+]([O-])c1cc(F)c(Cl)cc1NCc1ccno1. The lowest BCUT2D eigenvalue weighted by Gasteiger charge is -2.06. The van der Waals surface area contributed by atoms with Crippen molar-refractivity contribution < 1.29 is 13.8 Å². The van der Waals surface area contributed by atoms with Gasteiger partial charge in [0, 0.05) is 6.07 Å². The summed E-state index contributed by atoms with van der Waals surface area (Å²) in [7, 11) is 0. The molecule has 18 heavy (non-hydrogen) atoms. The summed E-state index contributed by atoms with van der Waals surface area (Å²) in [6.45, 7) is 0.183. The monoisotopic (exact) mass is 271 g/mol. The minimum Gasteiger partial charge on any atom is -0.372 e. The Hall–Kier alpha value is -2.15. The molecule has 6 nitrogen and oxygen atoms in total. The molecule has 0 radical (unpaired) electrons. The van der Waals surface area contributed by atoms with E-state index in [-0.39, 0.29) is 17.3 Å². The molecule has 0 saturated carbocycles. The maximum absolute atomic E-state index is 13.1. The third kappa shape index (κ3) is 2.57. The third-order valence-corrected chi connectivity index (χ3v) is 2.47. The van der Waals surface area contributed by atoms with E-state index in [2.05, 4.69) is 10.5 Å². The Labute approximate surface area is 105 Å². The van der Waals surface area contributed by atoms with Gasteiger partial charge in [-0.3, -0.25) is 10.1 Å². The summed E-state index contributed by atoms with van der Waals surface area (Å²) in [4.78, 5) is 10.1. The number of benzene rings is 1. The lowest BCUT2D eigenvalue weighted by Crippen LogP contribution is -2.02. The number of hydrogen-bond acceptors (Lipinski definition) is 5. The lowest BCUT2D eigenvalue weighted by atomic mass is 10.2. The molecule has 0 unspecified atom stereocenters. The van der Waals surface area contributed by atoms with Crippen molar-refractivity contribution in [2.24, 2.45) is 0 Å². The molecule has 0 saturated heterocycles. The third-order valence-electron chi connectivity index (χ3n) is 2.18. The average molecular weight is 272 g/mol. The quantitative estimate of drug-likeness (QED) is 0.683. The minimum atomic E-state index is -0.839. The van der Waals surface area contributed by atoms with Gasteiger partial charge in [0.25, 0.3) is 5.69 Å². The van der Waals surface area contributed by atoms with E-state index in [1.807, 2.05) is 0 Å². The van der Waals surface area contributed by atoms with Crippen molar-refractivity contribution in [2.75, 3.05) is 5.32 Å². The maximum Gasteiger partial charge on any atom is 0.295 e. The Morgan fingerprint density at radius 3 is 2.94 bits per heavy atom. The van der Waals surface area contributed by atoms with Crippen LogP contribution in [-0.2, 0) is 6.54 Å². The van der Waals surface area contributed by atoms with Crippen molar-refractivity contribution in [1.29, 1.82) is 0 Å². The maximum atomic E-state index is 13.1. The first-order valence-corrected chi connectivity index (χ1v) is 5.22. The van der Waals surface area contributed by atoms with Gasteiger partial charge in [0.05, 0.1) is 28.8 Å². The van der Waals surface area contributed by atoms with Crippen LogP contribution in [0.25, 0.3) is 0 Å². The van der Waals surface area contributed by atoms with Crippen LogP contribution in [0.2, 0.25) is 5.02 Å². The van der Waals surface area contributed by atoms with Crippen LogP contribution >= 0.6 is 11.6 Å². The second-order valence-corrected chi connectivity index (χ2v) is 3.78. The number of anilines is 1. The number of rotatable bonds is 4. The molecule has 0 aliphatic heterocycles. The van der Waals surface area contributed by atoms with E-state index < -0.39 is 16.4 Å². The summed E-state index contributed by atoms with van der Waals surface area (Å²) in [5.74, 6) is -0.349. The fraction of sp³-hybridized carbons (Fsp3) is 0.100. The Kier molecular flexibility index (Phi) is 3.42. The van der Waals surface area contributed by atoms with Gasteiger partial charge in [-0.2, -0.15) is 0 Å². The molecule has 2 rings (SSSR count). The Balaban J connectivity index is 2.25. The number of nitro benzene ring substituents is 1. The number of hydrogen-bond donors (Lipinski definition) is 1. The Morgan fingerprint density at radius 2 is 2.33 bits per heavy atom. The molecule has 0 spiro atoms. The van der Waals surface area contributed by atoms with Crippen LogP contribution in [0.1, 0.15) is 5.76 Å². The molecule has 94 valence electrons. The van der Waals surface area contributed by atoms with E-state index in [9.17, 15) is 14.5 Å². The summed E-state index contributed by atoms with van der Waals surface area (Å²) in [6, 6.07) is 3.53. The predicted molar refractivity (Wildman–Crippen MR) is 61.9 cm³/mol. The molecule has 0 amide bonds. The first-order valence-electron chi connectivity index (χ1n) is 4.85. The van der Waals surface area contributed by atoms with Crippen LogP contribution in [0, 0.1) is 15.9 Å². The van der Waals surface area contributed by atoms with Crippen LogP contribution in [0.15, 0.2) is 28.9 Å². The van der Waals surface area contributed by atoms with Gasteiger partial charge in [-0.1, -0.05) is 16.8 Å². The summed E-state index contributed by atoms with van der Waals surface area (Å²) < 4.78 is 18.0. The molecule has 0 fully saturated rings. The smallest absolute Gasteiger partial charge is 0.295 e. The van der Waals surface area contributed by atoms with Gasteiger partial charge in [0.1, 0.15) is 11.5 Å². The molecular weight excluding hydrogens is 265 g/mol. The zero-order valence-corrected chi connectivity index (χ0v) is 9.65. The summed E-state index contributed by atoms with van der Waals surface area (Å²) >= 11 is 5.58. The highest BCUT2D eigenvalue weighted by Gasteiger charge is 2.17. The van der Waals surface area contributed by atoms with Crippen molar-refractivity contribution in [3.8, 4) is 0 Å². The van der Waals surface area contributed by atoms with E-state index >= 15 is 0 Å². The topological polar surface area (TPSA) is 81.2 Å². The van der Waals surface area contributed by atoms with Crippen molar-refractivity contribution in [3.63, 3.8) is 0 Å². The van der Waals surface area contributed by atoms with E-state index in [0.29, 0.717) is 5.76 Å². The average Bonchev–Trinajstić information content (AvgIpc) is 2.83. The van der Waals surface area contributed by atoms with E-state index in [0.717, 1.165) is 12.1 Å². The summed E-state index contributed by atoms with van der Waals surface area (Å²) in [5, 5.41) is 16.8. The van der Waals surface area contributed by atoms with Crippen molar-refractivity contribution in [1.82, 2.24) is 5.16 Å². The molecule has 1 aromatic heterocycles. The van der Waals surface area contributed by atoms with Gasteiger partial charge >= 0.3 is 0 Å². The van der Waals surface area contributed by atoms with Gasteiger partial charge in [0.15, 0.2) is 5.76 Å². The predicted octanol–water partition coefficient (Wildman–Crippen LogP) is 2.99. The van der Waals surface area contributed by atoms with Crippen molar-refractivity contribution in [3.05, 3.63) is 51.1 Å². The zero-order chi connectivity index (χ0) is 13.1. The van der Waals surface area contributed by atoms with Crippen LogP contribution < -0.4 is 5.32 Å². The van der Waals surface area contributed by atoms with Crippen molar-refractivity contribution in [2.45, 2.75) is 6.54 Å². The van der Waals surface area contributed by atoms with Crippen LogP contribution in [-0.4, -0.2) is 10.1 Å². The normalized spacial score (nSPS) is 10.3. The minimum absolute atomic E-state index is 0.114. The number of nitro groups is 1. The molecule has 0 aliphatic carbocycles. The van der Waals surface area contributed by atoms with Gasteiger partial charge in [-0.15, -0.1) is 0 Å². The molecule has 1 heterocycles. The number of aromatic nitrogens is 1. The molecule has 8 heteroatoms. The van der Waals surface area contributed by atoms with E-state index in [1.165, 1.54) is 6.20 Å². The fourth-order valence-electron chi connectivity index (χ4n) is 1.34. The molecule has 1 N–H and O–H groups in total. The highest BCUT2D eigenvalue weighted by molar-refractivity contribution is 6.31. The molecule has 0 aliphatic rings. The van der Waals surface area contributed by atoms with Crippen molar-refractivity contribution >= 4 is 23.0 Å². The first kappa shape index (κ1) is 12.3. The largest absolute Gasteiger partial charge is 0.372 e. The second kappa shape index (κ2) is 5.01. The molecule has 2 aromatic rings. The van der Waals surface area contributed by atoms with Gasteiger partial charge in [0.2, 0.25) is 0 Å². The molecule has 0 atom stereocenters. The fourth-order valence-corrected chi connectivity index (χ4v) is 1.51. The van der Waals surface area contributed by atoms with Crippen LogP contribution in [0.3, 0.4) is 0 Å². The lowest BCUT2D eigenvalue weighted by molar-refractivity contribution is -0.384. The van der Waals surface area contributed by atoms with E-state index in [4.69, 9.17) is 16.1 Å². The number of nitrogens with zero attached hydrogens (tertiary/aromatic N) is 2. The first-order chi connectivity index (χ1) is 8.58. The highest BCUT2D eigenvalue weighted by atomic mass is 35.5. The molecular formula is C10H7ClFN3O3.